The summed E-state index contributed by atoms with van der Waals surface area (Å²) >= 11 is 0. The van der Waals surface area contributed by atoms with Crippen LogP contribution < -0.4 is 10.1 Å². The Labute approximate surface area is 194 Å². The number of carbonyl (C=O) groups is 1. The van der Waals surface area contributed by atoms with Gasteiger partial charge in [-0.1, -0.05) is 56.5 Å². The summed E-state index contributed by atoms with van der Waals surface area (Å²) in [5.74, 6) is 0.609. The number of nitrogens with one attached hydrogen (secondary N) is 1. The highest BCUT2D eigenvalue weighted by Gasteiger charge is 2.20. The molecule has 0 aliphatic heterocycles. The van der Waals surface area contributed by atoms with Crippen LogP contribution in [0.2, 0.25) is 0 Å². The zero-order chi connectivity index (χ0) is 23.2. The van der Waals surface area contributed by atoms with Gasteiger partial charge >= 0.3 is 0 Å². The van der Waals surface area contributed by atoms with Crippen LogP contribution in [0.15, 0.2) is 60.7 Å². The molecule has 0 fully saturated rings. The second-order valence-electron chi connectivity index (χ2n) is 8.13. The fourth-order valence-corrected chi connectivity index (χ4v) is 3.99. The van der Waals surface area contributed by atoms with Gasteiger partial charge in [0.1, 0.15) is 11.4 Å². The molecule has 33 heavy (non-hydrogen) atoms. The molecule has 2 aromatic carbocycles. The van der Waals surface area contributed by atoms with Crippen molar-refractivity contribution in [2.24, 2.45) is 0 Å². The average Bonchev–Trinajstić information content (AvgIpc) is 3.19. The quantitative estimate of drug-likeness (QED) is 0.338. The first-order valence-electron chi connectivity index (χ1n) is 11.5. The SMILES string of the molecule is CCCCCCNC(=O)c1cc(-c2ccc(OC)cc2)n2nc(C)c(-c3ccccc3)c2n1. The maximum Gasteiger partial charge on any atom is 0.270 e. The molecule has 0 aliphatic carbocycles. The predicted octanol–water partition coefficient (Wildman–Crippen LogP) is 5.69. The molecule has 0 unspecified atom stereocenters. The van der Waals surface area contributed by atoms with E-state index in [0.29, 0.717) is 17.9 Å². The lowest BCUT2D eigenvalue weighted by Gasteiger charge is -2.10. The highest BCUT2D eigenvalue weighted by molar-refractivity contribution is 5.95. The van der Waals surface area contributed by atoms with Gasteiger partial charge in [-0.05, 0) is 49.2 Å². The number of hydrogen-bond donors (Lipinski definition) is 1. The first kappa shape index (κ1) is 22.5. The van der Waals surface area contributed by atoms with Crippen LogP contribution in [0, 0.1) is 6.92 Å². The van der Waals surface area contributed by atoms with E-state index in [0.717, 1.165) is 46.7 Å². The number of rotatable bonds is 9. The fraction of sp³-hybridized carbons (Fsp3) is 0.296. The number of aryl methyl sites for hydroxylation is 1. The van der Waals surface area contributed by atoms with E-state index in [1.54, 1.807) is 7.11 Å². The smallest absolute Gasteiger partial charge is 0.270 e. The molecule has 0 saturated heterocycles. The van der Waals surface area contributed by atoms with Crippen LogP contribution in [-0.2, 0) is 0 Å². The number of nitrogens with zero attached hydrogens (tertiary/aromatic N) is 3. The van der Waals surface area contributed by atoms with Crippen molar-refractivity contribution in [2.75, 3.05) is 13.7 Å². The molecule has 0 aliphatic rings. The number of ether oxygens (including phenoxy) is 1. The molecule has 0 radical (unpaired) electrons. The summed E-state index contributed by atoms with van der Waals surface area (Å²) < 4.78 is 7.14. The van der Waals surface area contributed by atoms with Gasteiger partial charge in [-0.15, -0.1) is 0 Å². The van der Waals surface area contributed by atoms with Crippen molar-refractivity contribution in [1.29, 1.82) is 0 Å². The molecule has 1 amide bonds. The van der Waals surface area contributed by atoms with E-state index in [4.69, 9.17) is 14.8 Å². The summed E-state index contributed by atoms with van der Waals surface area (Å²) in [6, 6.07) is 19.6. The minimum absolute atomic E-state index is 0.165. The van der Waals surface area contributed by atoms with Gasteiger partial charge in [0.2, 0.25) is 0 Å². The summed E-state index contributed by atoms with van der Waals surface area (Å²) in [7, 11) is 1.64. The lowest BCUT2D eigenvalue weighted by molar-refractivity contribution is 0.0948. The minimum atomic E-state index is -0.165. The maximum atomic E-state index is 13.0. The van der Waals surface area contributed by atoms with Crippen LogP contribution in [0.1, 0.15) is 48.8 Å². The Morgan fingerprint density at radius 1 is 1.00 bits per heavy atom. The standard InChI is InChI=1S/C27H30N4O2/c1-4-5-6-10-17-28-27(32)23-18-24(20-13-15-22(33-3)16-14-20)31-26(29-23)25(19(2)30-31)21-11-8-7-9-12-21/h7-9,11-16,18H,4-6,10,17H2,1-3H3,(H,28,32). The van der Waals surface area contributed by atoms with Crippen LogP contribution in [-0.4, -0.2) is 34.2 Å². The first-order valence-corrected chi connectivity index (χ1v) is 11.5. The van der Waals surface area contributed by atoms with Crippen LogP contribution >= 0.6 is 0 Å². The summed E-state index contributed by atoms with van der Waals surface area (Å²) in [4.78, 5) is 17.8. The van der Waals surface area contributed by atoms with Gasteiger partial charge in [-0.3, -0.25) is 4.79 Å². The van der Waals surface area contributed by atoms with E-state index < -0.39 is 0 Å². The Kier molecular flexibility index (Phi) is 7.03. The Morgan fingerprint density at radius 2 is 1.76 bits per heavy atom. The molecule has 6 heteroatoms. The molecule has 1 N–H and O–H groups in total. The van der Waals surface area contributed by atoms with Gasteiger partial charge in [0.05, 0.1) is 18.5 Å². The third-order valence-electron chi connectivity index (χ3n) is 5.76. The number of methoxy groups -OCH3 is 1. The largest absolute Gasteiger partial charge is 0.497 e. The van der Waals surface area contributed by atoms with E-state index >= 15 is 0 Å². The summed E-state index contributed by atoms with van der Waals surface area (Å²) in [6.07, 6.45) is 4.42. The van der Waals surface area contributed by atoms with Crippen LogP contribution in [0.5, 0.6) is 5.75 Å². The van der Waals surface area contributed by atoms with E-state index in [1.807, 2.05) is 72.1 Å². The van der Waals surface area contributed by atoms with Crippen LogP contribution in [0.4, 0.5) is 0 Å². The third-order valence-corrected chi connectivity index (χ3v) is 5.76. The molecule has 2 heterocycles. The summed E-state index contributed by atoms with van der Waals surface area (Å²) in [5, 5.41) is 7.83. The number of amides is 1. The number of unbranched alkanes of at least 4 members (excludes halogenated alkanes) is 3. The molecule has 0 saturated carbocycles. The molecule has 2 aromatic heterocycles. The Hall–Kier alpha value is -3.67. The van der Waals surface area contributed by atoms with E-state index in [-0.39, 0.29) is 5.91 Å². The van der Waals surface area contributed by atoms with Crippen LogP contribution in [0.3, 0.4) is 0 Å². The van der Waals surface area contributed by atoms with Crippen molar-refractivity contribution in [3.05, 3.63) is 72.1 Å². The number of carbonyl (C=O) groups excluding carboxylic acids is 1. The zero-order valence-corrected chi connectivity index (χ0v) is 19.5. The van der Waals surface area contributed by atoms with Gasteiger partial charge < -0.3 is 10.1 Å². The molecular formula is C27H30N4O2. The van der Waals surface area contributed by atoms with Crippen molar-refractivity contribution in [3.8, 4) is 28.1 Å². The van der Waals surface area contributed by atoms with E-state index in [9.17, 15) is 4.79 Å². The van der Waals surface area contributed by atoms with Gasteiger partial charge in [-0.25, -0.2) is 9.50 Å². The van der Waals surface area contributed by atoms with Crippen molar-refractivity contribution >= 4 is 11.6 Å². The lowest BCUT2D eigenvalue weighted by Crippen LogP contribution is -2.25. The molecule has 4 aromatic rings. The zero-order valence-electron chi connectivity index (χ0n) is 19.5. The number of benzene rings is 2. The lowest BCUT2D eigenvalue weighted by atomic mass is 10.1. The Bertz CT molecular complexity index is 1230. The van der Waals surface area contributed by atoms with Crippen LogP contribution in [0.25, 0.3) is 28.0 Å². The topological polar surface area (TPSA) is 68.5 Å². The van der Waals surface area contributed by atoms with Gasteiger partial charge in [-0.2, -0.15) is 5.10 Å². The normalized spacial score (nSPS) is 11.0. The molecular weight excluding hydrogens is 412 g/mol. The number of aromatic nitrogens is 3. The van der Waals surface area contributed by atoms with Gasteiger partial charge in [0.15, 0.2) is 5.65 Å². The maximum absolute atomic E-state index is 13.0. The van der Waals surface area contributed by atoms with Crippen molar-refractivity contribution < 1.29 is 9.53 Å². The predicted molar refractivity (Wildman–Crippen MR) is 132 cm³/mol. The van der Waals surface area contributed by atoms with E-state index in [1.165, 1.54) is 12.8 Å². The Balaban J connectivity index is 1.80. The third kappa shape index (κ3) is 4.90. The minimum Gasteiger partial charge on any atom is -0.497 e. The number of fused-ring (bicyclic) bond motifs is 1. The van der Waals surface area contributed by atoms with Crippen molar-refractivity contribution in [1.82, 2.24) is 19.9 Å². The van der Waals surface area contributed by atoms with Crippen molar-refractivity contribution in [3.63, 3.8) is 0 Å². The highest BCUT2D eigenvalue weighted by atomic mass is 16.5. The summed E-state index contributed by atoms with van der Waals surface area (Å²) in [5.41, 5.74) is 5.62. The molecule has 0 bridgehead atoms. The van der Waals surface area contributed by atoms with Gasteiger partial charge in [0.25, 0.3) is 5.91 Å². The highest BCUT2D eigenvalue weighted by Crippen LogP contribution is 2.31. The van der Waals surface area contributed by atoms with Crippen molar-refractivity contribution in [2.45, 2.75) is 39.5 Å². The second-order valence-corrected chi connectivity index (χ2v) is 8.13. The van der Waals surface area contributed by atoms with E-state index in [2.05, 4.69) is 12.2 Å². The average molecular weight is 443 g/mol. The van der Waals surface area contributed by atoms with Gasteiger partial charge in [0, 0.05) is 17.7 Å². The molecule has 0 spiro atoms. The Morgan fingerprint density at radius 3 is 2.45 bits per heavy atom. The molecule has 170 valence electrons. The fourth-order valence-electron chi connectivity index (χ4n) is 3.99. The second kappa shape index (κ2) is 10.3. The molecule has 0 atom stereocenters. The number of hydrogen-bond acceptors (Lipinski definition) is 4. The molecule has 6 nitrogen and oxygen atoms in total. The molecule has 4 rings (SSSR count). The monoisotopic (exact) mass is 442 g/mol. The first-order chi connectivity index (χ1) is 16.1. The summed E-state index contributed by atoms with van der Waals surface area (Å²) in [6.45, 7) is 4.80.